The largest absolute Gasteiger partial charge is 0.329 e. The summed E-state index contributed by atoms with van der Waals surface area (Å²) < 4.78 is 0. The van der Waals surface area contributed by atoms with Gasteiger partial charge in [-0.15, -0.1) is 6.58 Å². The van der Waals surface area contributed by atoms with Crippen LogP contribution in [-0.4, -0.2) is 27.9 Å². The summed E-state index contributed by atoms with van der Waals surface area (Å²) in [6.45, 7) is 9.99. The average Bonchev–Trinajstić information content (AvgIpc) is 2.34. The van der Waals surface area contributed by atoms with Crippen LogP contribution in [0.5, 0.6) is 0 Å². The number of nitrogens with zero attached hydrogens (tertiary/aromatic N) is 3. The molecule has 4 nitrogen and oxygen atoms in total. The summed E-state index contributed by atoms with van der Waals surface area (Å²) in [6.07, 6.45) is 3.09. The first-order chi connectivity index (χ1) is 8.40. The summed E-state index contributed by atoms with van der Waals surface area (Å²) in [5.41, 5.74) is 0.476. The number of nitriles is 1. The van der Waals surface area contributed by atoms with Gasteiger partial charge in [0, 0.05) is 18.3 Å². The van der Waals surface area contributed by atoms with E-state index >= 15 is 0 Å². The number of amides is 1. The number of carbonyl (C=O) groups excluding carboxylic acids is 1. The second-order valence-corrected chi connectivity index (χ2v) is 4.92. The fourth-order valence-electron chi connectivity index (χ4n) is 1.52. The van der Waals surface area contributed by atoms with E-state index in [4.69, 9.17) is 5.26 Å². The van der Waals surface area contributed by atoms with Crippen LogP contribution in [0.15, 0.2) is 31.0 Å². The van der Waals surface area contributed by atoms with E-state index in [1.807, 2.05) is 26.8 Å². The van der Waals surface area contributed by atoms with E-state index in [0.717, 1.165) is 0 Å². The summed E-state index contributed by atoms with van der Waals surface area (Å²) in [6, 6.07) is 5.14. The summed E-state index contributed by atoms with van der Waals surface area (Å²) in [5.74, 6) is -0.160. The quantitative estimate of drug-likeness (QED) is 0.766. The molecule has 1 aromatic rings. The molecule has 18 heavy (non-hydrogen) atoms. The van der Waals surface area contributed by atoms with Crippen LogP contribution >= 0.6 is 0 Å². The third kappa shape index (κ3) is 3.17. The molecule has 0 aliphatic heterocycles. The highest BCUT2D eigenvalue weighted by Gasteiger charge is 2.26. The van der Waals surface area contributed by atoms with Crippen LogP contribution in [-0.2, 0) is 0 Å². The molecule has 1 rings (SSSR count). The highest BCUT2D eigenvalue weighted by atomic mass is 16.2. The number of rotatable bonds is 3. The molecule has 0 spiro atoms. The zero-order valence-electron chi connectivity index (χ0n) is 11.0. The third-order valence-corrected chi connectivity index (χ3v) is 2.48. The molecule has 0 radical (unpaired) electrons. The lowest BCUT2D eigenvalue weighted by Gasteiger charge is -2.34. The van der Waals surface area contributed by atoms with Gasteiger partial charge in [0.15, 0.2) is 0 Å². The van der Waals surface area contributed by atoms with Crippen molar-refractivity contribution >= 4 is 5.91 Å². The van der Waals surface area contributed by atoms with Crippen molar-refractivity contribution in [2.45, 2.75) is 26.3 Å². The van der Waals surface area contributed by atoms with E-state index in [-0.39, 0.29) is 11.4 Å². The Balaban J connectivity index is 3.02. The average molecular weight is 243 g/mol. The molecular formula is C14H17N3O. The molecule has 0 saturated carbocycles. The number of hydrogen-bond acceptors (Lipinski definition) is 3. The Morgan fingerprint density at radius 2 is 2.22 bits per heavy atom. The summed E-state index contributed by atoms with van der Waals surface area (Å²) >= 11 is 0. The van der Waals surface area contributed by atoms with Crippen molar-refractivity contribution in [2.24, 2.45) is 0 Å². The first-order valence-electron chi connectivity index (χ1n) is 5.69. The molecule has 0 atom stereocenters. The Morgan fingerprint density at radius 3 is 2.61 bits per heavy atom. The molecule has 0 N–H and O–H groups in total. The molecule has 1 amide bonds. The highest BCUT2D eigenvalue weighted by molar-refractivity contribution is 5.92. The van der Waals surface area contributed by atoms with Gasteiger partial charge in [0.05, 0.1) is 5.56 Å². The van der Waals surface area contributed by atoms with Gasteiger partial charge in [-0.1, -0.05) is 6.08 Å². The summed E-state index contributed by atoms with van der Waals surface area (Å²) in [4.78, 5) is 18.0. The Kier molecular flexibility index (Phi) is 4.22. The fourth-order valence-corrected chi connectivity index (χ4v) is 1.52. The molecule has 1 heterocycles. The Bertz CT molecular complexity index is 477. The van der Waals surface area contributed by atoms with E-state index in [2.05, 4.69) is 11.6 Å². The lowest BCUT2D eigenvalue weighted by atomic mass is 10.1. The predicted molar refractivity (Wildman–Crippen MR) is 69.9 cm³/mol. The van der Waals surface area contributed by atoms with E-state index in [9.17, 15) is 4.79 Å². The lowest BCUT2D eigenvalue weighted by molar-refractivity contribution is 0.0610. The molecule has 94 valence electrons. The zero-order chi connectivity index (χ0) is 13.8. The second kappa shape index (κ2) is 5.46. The maximum atomic E-state index is 12.3. The maximum Gasteiger partial charge on any atom is 0.273 e. The predicted octanol–water partition coefficient (Wildman–Crippen LogP) is 2.38. The lowest BCUT2D eigenvalue weighted by Crippen LogP contribution is -2.45. The second-order valence-electron chi connectivity index (χ2n) is 4.92. The molecule has 1 aromatic heterocycles. The van der Waals surface area contributed by atoms with Crippen molar-refractivity contribution < 1.29 is 4.79 Å². The van der Waals surface area contributed by atoms with E-state index < -0.39 is 0 Å². The fraction of sp³-hybridized carbons (Fsp3) is 0.357. The molecule has 0 bridgehead atoms. The Morgan fingerprint density at radius 1 is 1.56 bits per heavy atom. The van der Waals surface area contributed by atoms with Gasteiger partial charge in [-0.2, -0.15) is 5.26 Å². The van der Waals surface area contributed by atoms with Gasteiger partial charge >= 0.3 is 0 Å². The standard InChI is InChI=1S/C14H17N3O/c1-5-8-17(14(2,3)4)13(18)12-7-6-11(9-15)10-16-12/h5-7,10H,1,8H2,2-4H3. The monoisotopic (exact) mass is 243 g/mol. The number of pyridine rings is 1. The molecule has 0 saturated heterocycles. The topological polar surface area (TPSA) is 57.0 Å². The van der Waals surface area contributed by atoms with Gasteiger partial charge in [0.1, 0.15) is 11.8 Å². The first kappa shape index (κ1) is 13.9. The Labute approximate surface area is 108 Å². The van der Waals surface area contributed by atoms with Crippen molar-refractivity contribution in [2.75, 3.05) is 6.54 Å². The highest BCUT2D eigenvalue weighted by Crippen LogP contribution is 2.16. The number of hydrogen-bond donors (Lipinski definition) is 0. The van der Waals surface area contributed by atoms with E-state index in [0.29, 0.717) is 17.8 Å². The van der Waals surface area contributed by atoms with Crippen LogP contribution in [0.4, 0.5) is 0 Å². The van der Waals surface area contributed by atoms with Gasteiger partial charge < -0.3 is 4.90 Å². The van der Waals surface area contributed by atoms with Crippen LogP contribution in [0.25, 0.3) is 0 Å². The van der Waals surface area contributed by atoms with Gasteiger partial charge in [-0.05, 0) is 32.9 Å². The third-order valence-electron chi connectivity index (χ3n) is 2.48. The van der Waals surface area contributed by atoms with Crippen molar-refractivity contribution in [3.05, 3.63) is 42.2 Å². The van der Waals surface area contributed by atoms with Crippen molar-refractivity contribution in [3.8, 4) is 6.07 Å². The van der Waals surface area contributed by atoms with E-state index in [1.54, 1.807) is 23.1 Å². The Hall–Kier alpha value is -2.15. The van der Waals surface area contributed by atoms with E-state index in [1.165, 1.54) is 6.20 Å². The zero-order valence-corrected chi connectivity index (χ0v) is 11.0. The molecule has 4 heteroatoms. The number of aromatic nitrogens is 1. The molecular weight excluding hydrogens is 226 g/mol. The summed E-state index contributed by atoms with van der Waals surface area (Å²) in [7, 11) is 0. The van der Waals surface area contributed by atoms with Gasteiger partial charge in [-0.25, -0.2) is 4.98 Å². The molecule has 0 unspecified atom stereocenters. The SMILES string of the molecule is C=CCN(C(=O)c1ccc(C#N)cn1)C(C)(C)C. The van der Waals surface area contributed by atoms with Crippen LogP contribution in [0.2, 0.25) is 0 Å². The number of carbonyl (C=O) groups is 1. The minimum absolute atomic E-state index is 0.160. The van der Waals surface area contributed by atoms with Crippen LogP contribution < -0.4 is 0 Å². The molecule has 0 aromatic carbocycles. The first-order valence-corrected chi connectivity index (χ1v) is 5.69. The van der Waals surface area contributed by atoms with Crippen molar-refractivity contribution in [1.82, 2.24) is 9.88 Å². The normalized spacial score (nSPS) is 10.6. The molecule has 0 aliphatic rings. The van der Waals surface area contributed by atoms with Gasteiger partial charge in [0.2, 0.25) is 0 Å². The summed E-state index contributed by atoms with van der Waals surface area (Å²) in [5, 5.41) is 8.69. The molecule has 0 aliphatic carbocycles. The minimum Gasteiger partial charge on any atom is -0.329 e. The smallest absolute Gasteiger partial charge is 0.273 e. The van der Waals surface area contributed by atoms with Crippen molar-refractivity contribution in [1.29, 1.82) is 5.26 Å². The van der Waals surface area contributed by atoms with Gasteiger partial charge in [0.25, 0.3) is 5.91 Å². The molecule has 0 fully saturated rings. The van der Waals surface area contributed by atoms with Crippen LogP contribution in [0.3, 0.4) is 0 Å². The van der Waals surface area contributed by atoms with Crippen molar-refractivity contribution in [3.63, 3.8) is 0 Å². The van der Waals surface area contributed by atoms with Crippen LogP contribution in [0.1, 0.15) is 36.8 Å². The van der Waals surface area contributed by atoms with Crippen LogP contribution in [0, 0.1) is 11.3 Å². The minimum atomic E-state index is -0.305. The van der Waals surface area contributed by atoms with Gasteiger partial charge in [-0.3, -0.25) is 4.79 Å². The maximum absolute atomic E-state index is 12.3.